The van der Waals surface area contributed by atoms with Gasteiger partial charge < -0.3 is 10.2 Å². The van der Waals surface area contributed by atoms with Crippen LogP contribution in [-0.4, -0.2) is 31.1 Å². The fourth-order valence-corrected chi connectivity index (χ4v) is 3.35. The molecule has 1 aliphatic rings. The minimum atomic E-state index is 0.215. The van der Waals surface area contributed by atoms with E-state index in [-0.39, 0.29) is 6.04 Å². The second-order valence-corrected chi connectivity index (χ2v) is 6.52. The molecule has 0 radical (unpaired) electrons. The van der Waals surface area contributed by atoms with Gasteiger partial charge in [0.1, 0.15) is 0 Å². The molecule has 1 heterocycles. The Hall–Kier alpha value is -1.35. The lowest BCUT2D eigenvalue weighted by Crippen LogP contribution is -2.37. The lowest BCUT2D eigenvalue weighted by atomic mass is 9.98. The molecule has 116 valence electrons. The molecule has 0 spiro atoms. The van der Waals surface area contributed by atoms with Gasteiger partial charge in [0.2, 0.25) is 0 Å². The first-order valence-electron chi connectivity index (χ1n) is 7.98. The van der Waals surface area contributed by atoms with Crippen molar-refractivity contribution in [2.24, 2.45) is 0 Å². The first kappa shape index (κ1) is 15.5. The van der Waals surface area contributed by atoms with Crippen LogP contribution in [0.1, 0.15) is 30.0 Å². The average Bonchev–Trinajstić information content (AvgIpc) is 2.96. The van der Waals surface area contributed by atoms with Crippen LogP contribution < -0.4 is 5.32 Å². The molecule has 0 amide bonds. The van der Waals surface area contributed by atoms with Crippen LogP contribution in [0.2, 0.25) is 5.02 Å². The Morgan fingerprint density at radius 2 is 1.77 bits per heavy atom. The number of hydrogen-bond donors (Lipinski definition) is 1. The number of nitrogens with zero attached hydrogens (tertiary/aromatic N) is 1. The van der Waals surface area contributed by atoms with Gasteiger partial charge in [0.25, 0.3) is 0 Å². The van der Waals surface area contributed by atoms with Crippen molar-refractivity contribution in [2.75, 3.05) is 20.1 Å². The maximum atomic E-state index is 6.04. The zero-order valence-electron chi connectivity index (χ0n) is 13.0. The number of benzene rings is 2. The molecule has 2 atom stereocenters. The molecule has 22 heavy (non-hydrogen) atoms. The molecule has 0 aromatic heterocycles. The SMILES string of the molecule is CN1CCCC1CNC(c1ccccc1)c1ccc(Cl)cc1. The highest BCUT2D eigenvalue weighted by Crippen LogP contribution is 2.24. The fraction of sp³-hybridized carbons (Fsp3) is 0.368. The summed E-state index contributed by atoms with van der Waals surface area (Å²) in [4.78, 5) is 2.46. The molecule has 1 aliphatic heterocycles. The van der Waals surface area contributed by atoms with E-state index in [1.54, 1.807) is 0 Å². The highest BCUT2D eigenvalue weighted by molar-refractivity contribution is 6.30. The number of hydrogen-bond acceptors (Lipinski definition) is 2. The zero-order valence-corrected chi connectivity index (χ0v) is 13.8. The molecule has 1 fully saturated rings. The van der Waals surface area contributed by atoms with Gasteiger partial charge in [0, 0.05) is 17.6 Å². The van der Waals surface area contributed by atoms with Gasteiger partial charge in [-0.05, 0) is 49.7 Å². The first-order valence-corrected chi connectivity index (χ1v) is 8.36. The topological polar surface area (TPSA) is 15.3 Å². The molecule has 2 unspecified atom stereocenters. The van der Waals surface area contributed by atoms with Gasteiger partial charge >= 0.3 is 0 Å². The number of halogens is 1. The summed E-state index contributed by atoms with van der Waals surface area (Å²) in [5, 5.41) is 4.54. The summed E-state index contributed by atoms with van der Waals surface area (Å²) in [6, 6.07) is 19.7. The largest absolute Gasteiger partial charge is 0.305 e. The predicted octanol–water partition coefficient (Wildman–Crippen LogP) is 4.11. The summed E-state index contributed by atoms with van der Waals surface area (Å²) in [6.07, 6.45) is 2.59. The number of nitrogens with one attached hydrogen (secondary N) is 1. The van der Waals surface area contributed by atoms with Crippen molar-refractivity contribution in [1.82, 2.24) is 10.2 Å². The summed E-state index contributed by atoms with van der Waals surface area (Å²) in [6.45, 7) is 2.22. The summed E-state index contributed by atoms with van der Waals surface area (Å²) in [5.74, 6) is 0. The van der Waals surface area contributed by atoms with Crippen LogP contribution in [0.25, 0.3) is 0 Å². The quantitative estimate of drug-likeness (QED) is 0.893. The van der Waals surface area contributed by atoms with Gasteiger partial charge in [-0.3, -0.25) is 0 Å². The fourth-order valence-electron chi connectivity index (χ4n) is 3.22. The van der Waals surface area contributed by atoms with Crippen LogP contribution in [0.5, 0.6) is 0 Å². The van der Waals surface area contributed by atoms with Gasteiger partial charge in [0.05, 0.1) is 6.04 Å². The number of likely N-dealkylation sites (tertiary alicyclic amines) is 1. The molecule has 0 saturated carbocycles. The van der Waals surface area contributed by atoms with Crippen molar-refractivity contribution in [3.8, 4) is 0 Å². The molecule has 1 N–H and O–H groups in total. The van der Waals surface area contributed by atoms with Crippen LogP contribution in [0, 0.1) is 0 Å². The van der Waals surface area contributed by atoms with Gasteiger partial charge in [0.15, 0.2) is 0 Å². The summed E-state index contributed by atoms with van der Waals surface area (Å²) < 4.78 is 0. The normalized spacial score (nSPS) is 20.2. The Morgan fingerprint density at radius 3 is 2.41 bits per heavy atom. The van der Waals surface area contributed by atoms with Gasteiger partial charge in [-0.2, -0.15) is 0 Å². The van der Waals surface area contributed by atoms with Gasteiger partial charge in [-0.25, -0.2) is 0 Å². The average molecular weight is 315 g/mol. The van der Waals surface area contributed by atoms with Crippen molar-refractivity contribution in [3.63, 3.8) is 0 Å². The Balaban J connectivity index is 1.78. The van der Waals surface area contributed by atoms with Crippen LogP contribution in [0.15, 0.2) is 54.6 Å². The number of likely N-dealkylation sites (N-methyl/N-ethyl adjacent to an activating group) is 1. The van der Waals surface area contributed by atoms with E-state index in [2.05, 4.69) is 59.7 Å². The number of rotatable bonds is 5. The monoisotopic (exact) mass is 314 g/mol. The first-order chi connectivity index (χ1) is 10.7. The molecule has 3 rings (SSSR count). The van der Waals surface area contributed by atoms with Crippen molar-refractivity contribution in [3.05, 3.63) is 70.7 Å². The summed E-state index contributed by atoms with van der Waals surface area (Å²) in [7, 11) is 2.22. The van der Waals surface area contributed by atoms with Crippen LogP contribution in [0.4, 0.5) is 0 Å². The molecule has 2 aromatic carbocycles. The van der Waals surface area contributed by atoms with Crippen LogP contribution in [-0.2, 0) is 0 Å². The maximum absolute atomic E-state index is 6.04. The Bertz CT molecular complexity index is 582. The van der Waals surface area contributed by atoms with Crippen LogP contribution >= 0.6 is 11.6 Å². The van der Waals surface area contributed by atoms with E-state index in [0.717, 1.165) is 11.6 Å². The smallest absolute Gasteiger partial charge is 0.0577 e. The highest BCUT2D eigenvalue weighted by atomic mass is 35.5. The van der Waals surface area contributed by atoms with E-state index in [1.807, 2.05) is 12.1 Å². The molecular formula is C19H23ClN2. The predicted molar refractivity (Wildman–Crippen MR) is 93.4 cm³/mol. The summed E-state index contributed by atoms with van der Waals surface area (Å²) >= 11 is 6.04. The minimum absolute atomic E-state index is 0.215. The van der Waals surface area contributed by atoms with E-state index >= 15 is 0 Å². The lowest BCUT2D eigenvalue weighted by molar-refractivity contribution is 0.296. The minimum Gasteiger partial charge on any atom is -0.305 e. The second kappa shape index (κ2) is 7.28. The van der Waals surface area contributed by atoms with E-state index in [1.165, 1.54) is 30.5 Å². The van der Waals surface area contributed by atoms with Crippen molar-refractivity contribution >= 4 is 11.6 Å². The second-order valence-electron chi connectivity index (χ2n) is 6.08. The molecule has 2 aromatic rings. The Morgan fingerprint density at radius 1 is 1.09 bits per heavy atom. The zero-order chi connectivity index (χ0) is 15.4. The van der Waals surface area contributed by atoms with Crippen molar-refractivity contribution in [1.29, 1.82) is 0 Å². The molecule has 0 bridgehead atoms. The standard InChI is InChI=1S/C19H23ClN2/c1-22-13-5-8-18(22)14-21-19(15-6-3-2-4-7-15)16-9-11-17(20)12-10-16/h2-4,6-7,9-12,18-19,21H,5,8,13-14H2,1H3. The molecule has 1 saturated heterocycles. The third-order valence-corrected chi connectivity index (χ3v) is 4.82. The third kappa shape index (κ3) is 3.70. The third-order valence-electron chi connectivity index (χ3n) is 4.57. The van der Waals surface area contributed by atoms with Gasteiger partial charge in [-0.15, -0.1) is 0 Å². The molecule has 0 aliphatic carbocycles. The lowest BCUT2D eigenvalue weighted by Gasteiger charge is -2.25. The van der Waals surface area contributed by atoms with Gasteiger partial charge in [-0.1, -0.05) is 54.1 Å². The van der Waals surface area contributed by atoms with E-state index in [4.69, 9.17) is 11.6 Å². The van der Waals surface area contributed by atoms with Crippen LogP contribution in [0.3, 0.4) is 0 Å². The maximum Gasteiger partial charge on any atom is 0.0577 e. The highest BCUT2D eigenvalue weighted by Gasteiger charge is 2.22. The summed E-state index contributed by atoms with van der Waals surface area (Å²) in [5.41, 5.74) is 2.56. The van der Waals surface area contributed by atoms with E-state index in [9.17, 15) is 0 Å². The Kier molecular flexibility index (Phi) is 5.14. The van der Waals surface area contributed by atoms with E-state index in [0.29, 0.717) is 6.04 Å². The molecule has 3 heteroatoms. The van der Waals surface area contributed by atoms with E-state index < -0.39 is 0 Å². The van der Waals surface area contributed by atoms with Crippen molar-refractivity contribution in [2.45, 2.75) is 24.9 Å². The Labute approximate surface area is 138 Å². The van der Waals surface area contributed by atoms with Crippen molar-refractivity contribution < 1.29 is 0 Å². The molecular weight excluding hydrogens is 292 g/mol. The molecule has 2 nitrogen and oxygen atoms in total.